The molecular weight excluding hydrogens is 160 g/mol. The molecule has 0 spiro atoms. The van der Waals surface area contributed by atoms with Crippen LogP contribution in [0.2, 0.25) is 0 Å². The third kappa shape index (κ3) is 1.82. The summed E-state index contributed by atoms with van der Waals surface area (Å²) in [4.78, 5) is 20.3. The zero-order chi connectivity index (χ0) is 8.97. The van der Waals surface area contributed by atoms with Crippen LogP contribution in [0.25, 0.3) is 0 Å². The molecule has 1 aromatic carbocycles. The highest BCUT2D eigenvalue weighted by molar-refractivity contribution is 5.88. The van der Waals surface area contributed by atoms with Crippen molar-refractivity contribution in [1.29, 1.82) is 0 Å². The molecule has 0 heterocycles. The predicted octanol–water partition coefficient (Wildman–Crippen LogP) is 0.920. The molecule has 0 aliphatic heterocycles. The zero-order valence-electron chi connectivity index (χ0n) is 6.06. The molecule has 12 heavy (non-hydrogen) atoms. The van der Waals surface area contributed by atoms with Crippen LogP contribution in [-0.4, -0.2) is 17.5 Å². The van der Waals surface area contributed by atoms with E-state index in [9.17, 15) is 9.59 Å². The van der Waals surface area contributed by atoms with Gasteiger partial charge in [0, 0.05) is 0 Å². The van der Waals surface area contributed by atoms with Gasteiger partial charge < -0.3 is 9.84 Å². The lowest BCUT2D eigenvalue weighted by molar-refractivity contribution is -0.120. The second-order valence-corrected chi connectivity index (χ2v) is 2.05. The third-order valence-corrected chi connectivity index (χ3v) is 1.27. The number of ether oxygens (including phenoxy) is 1. The van der Waals surface area contributed by atoms with Crippen molar-refractivity contribution in [2.24, 2.45) is 0 Å². The number of rotatable bonds is 3. The van der Waals surface area contributed by atoms with Crippen molar-refractivity contribution in [2.45, 2.75) is 0 Å². The van der Waals surface area contributed by atoms with Crippen LogP contribution in [0.4, 0.5) is 0 Å². The lowest BCUT2D eigenvalue weighted by atomic mass is 10.2. The van der Waals surface area contributed by atoms with Gasteiger partial charge in [-0.3, -0.25) is 4.79 Å². The Morgan fingerprint density at radius 2 is 2.25 bits per heavy atom. The number of benzene rings is 1. The summed E-state index contributed by atoms with van der Waals surface area (Å²) in [6.07, 6.45) is 0. The summed E-state index contributed by atoms with van der Waals surface area (Å²) >= 11 is 0. The number of carboxylic acids is 1. The van der Waals surface area contributed by atoms with Crippen molar-refractivity contribution in [3.63, 3.8) is 0 Å². The van der Waals surface area contributed by atoms with Gasteiger partial charge in [-0.05, 0) is 18.2 Å². The quantitative estimate of drug-likeness (QED) is 0.678. The first-order valence-electron chi connectivity index (χ1n) is 3.17. The Kier molecular flexibility index (Phi) is 2.42. The van der Waals surface area contributed by atoms with Crippen LogP contribution in [0.5, 0.6) is 5.75 Å². The third-order valence-electron chi connectivity index (χ3n) is 1.27. The monoisotopic (exact) mass is 166 g/mol. The number of hydrogen-bond donors (Lipinski definition) is 1. The van der Waals surface area contributed by atoms with Gasteiger partial charge in [-0.15, -0.1) is 0 Å². The molecule has 4 nitrogen and oxygen atoms in total. The molecule has 0 amide bonds. The molecule has 0 atom stereocenters. The lowest BCUT2D eigenvalue weighted by Gasteiger charge is -1.97. The first-order chi connectivity index (χ1) is 5.74. The van der Waals surface area contributed by atoms with Gasteiger partial charge in [-0.25, -0.2) is 4.79 Å². The molecule has 0 aliphatic carbocycles. The van der Waals surface area contributed by atoms with Crippen molar-refractivity contribution in [3.8, 4) is 5.75 Å². The second kappa shape index (κ2) is 3.52. The van der Waals surface area contributed by atoms with Crippen molar-refractivity contribution >= 4 is 12.4 Å². The molecule has 0 radical (unpaired) electrons. The first kappa shape index (κ1) is 8.26. The Balaban J connectivity index is 2.95. The van der Waals surface area contributed by atoms with Crippen LogP contribution in [0, 0.1) is 0 Å². The summed E-state index contributed by atoms with van der Waals surface area (Å²) < 4.78 is 4.45. The maximum absolute atomic E-state index is 10.4. The maximum atomic E-state index is 10.4. The minimum atomic E-state index is -1.05. The van der Waals surface area contributed by atoms with Gasteiger partial charge in [0.25, 0.3) is 6.47 Å². The van der Waals surface area contributed by atoms with Gasteiger partial charge in [-0.1, -0.05) is 6.07 Å². The molecule has 0 fully saturated rings. The molecule has 1 N–H and O–H groups in total. The van der Waals surface area contributed by atoms with Gasteiger partial charge in [0.05, 0.1) is 5.56 Å². The van der Waals surface area contributed by atoms with E-state index in [1.54, 1.807) is 0 Å². The van der Waals surface area contributed by atoms with Crippen molar-refractivity contribution in [1.82, 2.24) is 0 Å². The fraction of sp³-hybridized carbons (Fsp3) is 0. The molecule has 0 unspecified atom stereocenters. The SMILES string of the molecule is O=COc1cccc(C(=O)O)c1. The van der Waals surface area contributed by atoms with E-state index in [0.29, 0.717) is 0 Å². The van der Waals surface area contributed by atoms with E-state index < -0.39 is 5.97 Å². The zero-order valence-corrected chi connectivity index (χ0v) is 6.06. The summed E-state index contributed by atoms with van der Waals surface area (Å²) in [6.45, 7) is 0.251. The minimum Gasteiger partial charge on any atom is -0.478 e. The summed E-state index contributed by atoms with van der Waals surface area (Å²) in [5.41, 5.74) is 0.0920. The van der Waals surface area contributed by atoms with Crippen molar-refractivity contribution < 1.29 is 19.4 Å². The Morgan fingerprint density at radius 3 is 2.83 bits per heavy atom. The van der Waals surface area contributed by atoms with Gasteiger partial charge >= 0.3 is 5.97 Å². The Morgan fingerprint density at radius 1 is 1.50 bits per heavy atom. The van der Waals surface area contributed by atoms with Crippen molar-refractivity contribution in [2.75, 3.05) is 0 Å². The Labute approximate surface area is 68.4 Å². The van der Waals surface area contributed by atoms with Gasteiger partial charge in [-0.2, -0.15) is 0 Å². The maximum Gasteiger partial charge on any atom is 0.335 e. The van der Waals surface area contributed by atoms with Crippen LogP contribution in [-0.2, 0) is 4.79 Å². The van der Waals surface area contributed by atoms with Gasteiger partial charge in [0.15, 0.2) is 0 Å². The van der Waals surface area contributed by atoms with Gasteiger partial charge in [0.2, 0.25) is 0 Å². The van der Waals surface area contributed by atoms with Crippen molar-refractivity contribution in [3.05, 3.63) is 29.8 Å². The van der Waals surface area contributed by atoms with E-state index in [1.807, 2.05) is 0 Å². The molecule has 0 aromatic heterocycles. The largest absolute Gasteiger partial charge is 0.478 e. The highest BCUT2D eigenvalue weighted by atomic mass is 16.5. The van der Waals surface area contributed by atoms with Crippen LogP contribution >= 0.6 is 0 Å². The predicted molar refractivity (Wildman–Crippen MR) is 40.1 cm³/mol. The van der Waals surface area contributed by atoms with E-state index in [4.69, 9.17) is 5.11 Å². The van der Waals surface area contributed by atoms with E-state index in [-0.39, 0.29) is 17.8 Å². The highest BCUT2D eigenvalue weighted by Gasteiger charge is 2.02. The van der Waals surface area contributed by atoms with Gasteiger partial charge in [0.1, 0.15) is 5.75 Å². The highest BCUT2D eigenvalue weighted by Crippen LogP contribution is 2.11. The summed E-state index contributed by atoms with van der Waals surface area (Å²) in [6, 6.07) is 5.69. The molecule has 1 aromatic rings. The summed E-state index contributed by atoms with van der Waals surface area (Å²) in [5.74, 6) is -0.823. The average Bonchev–Trinajstić information content (AvgIpc) is 2.05. The molecule has 4 heteroatoms. The number of carbonyl (C=O) groups is 2. The molecule has 0 saturated heterocycles. The topological polar surface area (TPSA) is 63.6 Å². The normalized spacial score (nSPS) is 9.00. The average molecular weight is 166 g/mol. The number of carbonyl (C=O) groups excluding carboxylic acids is 1. The summed E-state index contributed by atoms with van der Waals surface area (Å²) in [5, 5.41) is 8.53. The van der Waals surface area contributed by atoms with Crippen LogP contribution in [0.1, 0.15) is 10.4 Å². The first-order valence-corrected chi connectivity index (χ1v) is 3.17. The van der Waals surface area contributed by atoms with E-state index in [2.05, 4.69) is 4.74 Å². The number of hydrogen-bond acceptors (Lipinski definition) is 3. The molecule has 62 valence electrons. The summed E-state index contributed by atoms with van der Waals surface area (Å²) in [7, 11) is 0. The minimum absolute atomic E-state index is 0.0920. The second-order valence-electron chi connectivity index (χ2n) is 2.05. The van der Waals surface area contributed by atoms with E-state index in [0.717, 1.165) is 0 Å². The Bertz CT molecular complexity index is 306. The molecule has 0 aliphatic rings. The number of carboxylic acid groups (broad SMARTS) is 1. The fourth-order valence-corrected chi connectivity index (χ4v) is 0.758. The smallest absolute Gasteiger partial charge is 0.335 e. The standard InChI is InChI=1S/C8H6O4/c9-5-12-7-3-1-2-6(4-7)8(10)11/h1-5H,(H,10,11). The van der Waals surface area contributed by atoms with E-state index in [1.165, 1.54) is 24.3 Å². The molecule has 1 rings (SSSR count). The molecule has 0 saturated carbocycles. The van der Waals surface area contributed by atoms with Crippen LogP contribution in [0.3, 0.4) is 0 Å². The van der Waals surface area contributed by atoms with E-state index >= 15 is 0 Å². The lowest BCUT2D eigenvalue weighted by Crippen LogP contribution is -1.96. The molecular formula is C8H6O4. The number of aromatic carboxylic acids is 1. The Hall–Kier alpha value is -1.84. The molecule has 0 bridgehead atoms. The van der Waals surface area contributed by atoms with Crippen LogP contribution < -0.4 is 4.74 Å². The fourth-order valence-electron chi connectivity index (χ4n) is 0.758. The van der Waals surface area contributed by atoms with Crippen LogP contribution in [0.15, 0.2) is 24.3 Å².